The van der Waals surface area contributed by atoms with Gasteiger partial charge in [-0.3, -0.25) is 4.79 Å². The van der Waals surface area contributed by atoms with Gasteiger partial charge in [0.1, 0.15) is 23.4 Å². The van der Waals surface area contributed by atoms with Crippen LogP contribution in [-0.2, 0) is 5.75 Å². The Balaban J connectivity index is 1.21. The zero-order valence-electron chi connectivity index (χ0n) is 21.4. The number of aryl methyl sites for hydroxylation is 1. The van der Waals surface area contributed by atoms with E-state index in [4.69, 9.17) is 25.8 Å². The number of carbonyl (C=O) groups excluding carboxylic acids is 1. The highest BCUT2D eigenvalue weighted by molar-refractivity contribution is 7.98. The number of piperidine rings is 1. The molecule has 0 spiro atoms. The van der Waals surface area contributed by atoms with Crippen LogP contribution in [0.3, 0.4) is 0 Å². The van der Waals surface area contributed by atoms with E-state index in [1.165, 1.54) is 0 Å². The van der Waals surface area contributed by atoms with E-state index in [1.807, 2.05) is 67.6 Å². The molecule has 2 unspecified atom stereocenters. The summed E-state index contributed by atoms with van der Waals surface area (Å²) in [5.41, 5.74) is 3.02. The molecule has 2 atom stereocenters. The highest BCUT2D eigenvalue weighted by Crippen LogP contribution is 2.40. The molecule has 7 heteroatoms. The number of ether oxygens (including phenoxy) is 3. The minimum absolute atomic E-state index is 0.0776. The fourth-order valence-electron chi connectivity index (χ4n) is 5.39. The summed E-state index contributed by atoms with van der Waals surface area (Å²) in [7, 11) is 3.33. The van der Waals surface area contributed by atoms with E-state index in [1.54, 1.807) is 26.0 Å². The number of halogens is 1. The van der Waals surface area contributed by atoms with Crippen LogP contribution in [0, 0.1) is 6.92 Å². The van der Waals surface area contributed by atoms with Crippen LogP contribution >= 0.6 is 23.4 Å². The monoisotopic (exact) mass is 537 g/mol. The fraction of sp³-hybridized carbons (Fsp3) is 0.367. The standard InChI is InChI=1S/C30H32ClNO4S/c1-19-4-12-26(31)28(14-19)36-25-15-22-9-10-23(16-25)32(22)30(33)21-7-5-20(6-8-21)18-37-29-17-24(34-2)11-13-27(29)35-3/h4-8,11-14,17,22-23,25H,9-10,15-16,18H2,1-3H3. The Bertz CT molecular complexity index is 1250. The molecule has 0 aliphatic carbocycles. The number of rotatable bonds is 8. The zero-order valence-corrected chi connectivity index (χ0v) is 23.0. The summed E-state index contributed by atoms with van der Waals surface area (Å²) in [6, 6.07) is 20.1. The van der Waals surface area contributed by atoms with Crippen molar-refractivity contribution in [3.63, 3.8) is 0 Å². The molecular weight excluding hydrogens is 506 g/mol. The van der Waals surface area contributed by atoms with Crippen molar-refractivity contribution in [3.05, 3.63) is 82.4 Å². The van der Waals surface area contributed by atoms with Crippen LogP contribution in [0.4, 0.5) is 0 Å². The third kappa shape index (κ3) is 5.70. The molecule has 0 N–H and O–H groups in total. The van der Waals surface area contributed by atoms with Crippen molar-refractivity contribution in [1.29, 1.82) is 0 Å². The van der Waals surface area contributed by atoms with Crippen LogP contribution in [0.25, 0.3) is 0 Å². The van der Waals surface area contributed by atoms with Crippen LogP contribution in [0.5, 0.6) is 17.2 Å². The molecule has 5 rings (SSSR count). The molecular formula is C30H32ClNO4S. The van der Waals surface area contributed by atoms with Crippen molar-refractivity contribution in [1.82, 2.24) is 4.90 Å². The van der Waals surface area contributed by atoms with Gasteiger partial charge in [-0.25, -0.2) is 0 Å². The SMILES string of the molecule is COc1ccc(OC)c(SCc2ccc(C(=O)N3C4CCC3CC(Oc3cc(C)ccc3Cl)C4)cc2)c1. The Morgan fingerprint density at radius 1 is 0.946 bits per heavy atom. The molecule has 1 amide bonds. The fourth-order valence-corrected chi connectivity index (χ4v) is 6.56. The molecule has 0 radical (unpaired) electrons. The lowest BCUT2D eigenvalue weighted by Gasteiger charge is -2.39. The molecule has 2 bridgehead atoms. The van der Waals surface area contributed by atoms with E-state index in [-0.39, 0.29) is 24.1 Å². The van der Waals surface area contributed by atoms with E-state index in [0.717, 1.165) is 70.3 Å². The smallest absolute Gasteiger partial charge is 0.254 e. The van der Waals surface area contributed by atoms with Gasteiger partial charge in [0.05, 0.1) is 24.1 Å². The minimum atomic E-state index is 0.0776. The number of methoxy groups -OCH3 is 2. The molecule has 2 saturated heterocycles. The Morgan fingerprint density at radius 3 is 2.35 bits per heavy atom. The number of fused-ring (bicyclic) bond motifs is 2. The molecule has 2 aliphatic rings. The molecule has 3 aromatic carbocycles. The quantitative estimate of drug-likeness (QED) is 0.285. The second-order valence-electron chi connectivity index (χ2n) is 9.74. The molecule has 194 valence electrons. The van der Waals surface area contributed by atoms with Crippen molar-refractivity contribution in [2.45, 2.75) is 61.4 Å². The predicted molar refractivity (Wildman–Crippen MR) is 148 cm³/mol. The van der Waals surface area contributed by atoms with Crippen LogP contribution in [0.1, 0.15) is 47.2 Å². The first-order chi connectivity index (χ1) is 17.9. The van der Waals surface area contributed by atoms with Crippen LogP contribution in [0.15, 0.2) is 65.6 Å². The molecule has 2 fully saturated rings. The van der Waals surface area contributed by atoms with Gasteiger partial charge in [-0.15, -0.1) is 11.8 Å². The summed E-state index contributed by atoms with van der Waals surface area (Å²) in [5.74, 6) is 3.26. The molecule has 3 aromatic rings. The highest BCUT2D eigenvalue weighted by atomic mass is 35.5. The van der Waals surface area contributed by atoms with Crippen LogP contribution in [-0.4, -0.2) is 43.2 Å². The maximum atomic E-state index is 13.5. The maximum absolute atomic E-state index is 13.5. The topological polar surface area (TPSA) is 48.0 Å². The van der Waals surface area contributed by atoms with Crippen molar-refractivity contribution in [2.24, 2.45) is 0 Å². The number of hydrogen-bond acceptors (Lipinski definition) is 5. The first kappa shape index (κ1) is 25.8. The third-order valence-corrected chi connectivity index (χ3v) is 8.69. The Labute approximate surface area is 228 Å². The Morgan fingerprint density at radius 2 is 1.68 bits per heavy atom. The van der Waals surface area contributed by atoms with Gasteiger partial charge in [0.2, 0.25) is 0 Å². The highest BCUT2D eigenvalue weighted by Gasteiger charge is 2.44. The normalized spacial score (nSPS) is 20.5. The van der Waals surface area contributed by atoms with Crippen LogP contribution < -0.4 is 14.2 Å². The van der Waals surface area contributed by atoms with E-state index < -0.39 is 0 Å². The molecule has 0 saturated carbocycles. The first-order valence-corrected chi connectivity index (χ1v) is 14.0. The van der Waals surface area contributed by atoms with E-state index in [2.05, 4.69) is 4.90 Å². The van der Waals surface area contributed by atoms with Crippen molar-refractivity contribution in [3.8, 4) is 17.2 Å². The van der Waals surface area contributed by atoms with Gasteiger partial charge in [-0.2, -0.15) is 0 Å². The lowest BCUT2D eigenvalue weighted by molar-refractivity contribution is 0.0359. The predicted octanol–water partition coefficient (Wildman–Crippen LogP) is 7.17. The number of nitrogens with zero attached hydrogens (tertiary/aromatic N) is 1. The molecule has 0 aromatic heterocycles. The van der Waals surface area contributed by atoms with Gasteiger partial charge < -0.3 is 19.1 Å². The summed E-state index contributed by atoms with van der Waals surface area (Å²) in [6.45, 7) is 2.04. The van der Waals surface area contributed by atoms with Gasteiger partial charge in [-0.1, -0.05) is 29.8 Å². The largest absolute Gasteiger partial charge is 0.497 e. The van der Waals surface area contributed by atoms with E-state index in [0.29, 0.717) is 5.02 Å². The van der Waals surface area contributed by atoms with Gasteiger partial charge in [0.25, 0.3) is 5.91 Å². The third-order valence-electron chi connectivity index (χ3n) is 7.27. The summed E-state index contributed by atoms with van der Waals surface area (Å²) < 4.78 is 17.1. The van der Waals surface area contributed by atoms with Crippen LogP contribution in [0.2, 0.25) is 5.02 Å². The summed E-state index contributed by atoms with van der Waals surface area (Å²) in [6.07, 6.45) is 3.80. The average Bonchev–Trinajstić information content (AvgIpc) is 3.19. The number of amides is 1. The second kappa shape index (κ2) is 11.3. The molecule has 2 aliphatic heterocycles. The van der Waals surface area contributed by atoms with E-state index in [9.17, 15) is 4.79 Å². The van der Waals surface area contributed by atoms with Crippen molar-refractivity contribution < 1.29 is 19.0 Å². The second-order valence-corrected chi connectivity index (χ2v) is 11.2. The number of hydrogen-bond donors (Lipinski definition) is 0. The lowest BCUT2D eigenvalue weighted by Crippen LogP contribution is -2.49. The Kier molecular flexibility index (Phi) is 7.87. The van der Waals surface area contributed by atoms with Gasteiger partial charge >= 0.3 is 0 Å². The average molecular weight is 538 g/mol. The Hall–Kier alpha value is -2.83. The number of benzene rings is 3. The first-order valence-electron chi connectivity index (χ1n) is 12.6. The zero-order chi connectivity index (χ0) is 25.9. The summed E-state index contributed by atoms with van der Waals surface area (Å²) >= 11 is 8.05. The molecule has 2 heterocycles. The van der Waals surface area contributed by atoms with Crippen molar-refractivity contribution >= 4 is 29.3 Å². The number of thioether (sulfide) groups is 1. The van der Waals surface area contributed by atoms with Gasteiger partial charge in [-0.05, 0) is 73.4 Å². The summed E-state index contributed by atoms with van der Waals surface area (Å²) in [5, 5.41) is 0.638. The summed E-state index contributed by atoms with van der Waals surface area (Å²) in [4.78, 5) is 16.6. The molecule has 37 heavy (non-hydrogen) atoms. The van der Waals surface area contributed by atoms with Gasteiger partial charge in [0, 0.05) is 36.2 Å². The lowest BCUT2D eigenvalue weighted by atomic mass is 9.98. The van der Waals surface area contributed by atoms with Gasteiger partial charge in [0.15, 0.2) is 0 Å². The number of carbonyl (C=O) groups is 1. The van der Waals surface area contributed by atoms with E-state index >= 15 is 0 Å². The molecule has 5 nitrogen and oxygen atoms in total. The van der Waals surface area contributed by atoms with Crippen molar-refractivity contribution in [2.75, 3.05) is 14.2 Å². The minimum Gasteiger partial charge on any atom is -0.497 e. The maximum Gasteiger partial charge on any atom is 0.254 e.